The Kier molecular flexibility index (Phi) is 44.1. The van der Waals surface area contributed by atoms with Gasteiger partial charge in [-0.25, -0.2) is 0 Å². The second-order valence-corrected chi connectivity index (χ2v) is 37.8. The van der Waals surface area contributed by atoms with Gasteiger partial charge in [0, 0.05) is 86.6 Å². The number of aliphatic carboxylic acids is 4. The van der Waals surface area contributed by atoms with Gasteiger partial charge in [0.05, 0.1) is 25.8 Å². The minimum atomic E-state index is -2.25. The molecule has 2 aliphatic rings. The van der Waals surface area contributed by atoms with Crippen molar-refractivity contribution in [1.29, 1.82) is 0 Å². The number of hydrogen-bond acceptors (Lipinski definition) is 27. The molecule has 26 N–H and O–H groups in total. The van der Waals surface area contributed by atoms with Crippen molar-refractivity contribution in [2.75, 3.05) is 37.4 Å². The normalized spacial score (nSPS) is 23.1. The maximum atomic E-state index is 15.4. The molecule has 0 radical (unpaired) electrons. The fourth-order valence-electron chi connectivity index (χ4n) is 14.5. The molecule has 0 saturated carbocycles. The van der Waals surface area contributed by atoms with E-state index in [1.807, 2.05) is 0 Å². The molecule has 5 aromatic rings. The van der Waals surface area contributed by atoms with Crippen molar-refractivity contribution in [1.82, 2.24) is 84.7 Å². The van der Waals surface area contributed by atoms with E-state index in [2.05, 4.69) is 79.8 Å². The Bertz CT molecular complexity index is 5440. The Morgan fingerprint density at radius 2 is 0.872 bits per heavy atom. The van der Waals surface area contributed by atoms with Crippen LogP contribution in [0.15, 0.2) is 115 Å². The Balaban J connectivity index is 1.42. The van der Waals surface area contributed by atoms with E-state index < -0.39 is 309 Å². The molecule has 0 aliphatic carbocycles. The molecule has 4 bridgehead atoms. The highest BCUT2D eigenvalue weighted by Gasteiger charge is 2.42. The quantitative estimate of drug-likeness (QED) is 0.0253. The van der Waals surface area contributed by atoms with Crippen molar-refractivity contribution in [3.05, 3.63) is 149 Å². The molecule has 15 unspecified atom stereocenters. The molecule has 0 spiro atoms. The molecule has 2 heterocycles. The van der Waals surface area contributed by atoms with Gasteiger partial charge in [-0.1, -0.05) is 124 Å². The molecule has 2 aliphatic heterocycles. The highest BCUT2D eigenvalue weighted by Crippen LogP contribution is 2.28. The van der Waals surface area contributed by atoms with Gasteiger partial charge in [-0.05, 0) is 95.3 Å². The number of nitrogens with two attached hydrogens (primary N) is 3. The van der Waals surface area contributed by atoms with E-state index in [4.69, 9.17) is 17.2 Å². The maximum absolute atomic E-state index is 15.4. The Morgan fingerprint density at radius 3 is 1.38 bits per heavy atom. The number of primary amides is 2. The first-order chi connectivity index (χ1) is 66.5. The van der Waals surface area contributed by atoms with Crippen LogP contribution in [0.3, 0.4) is 0 Å². The van der Waals surface area contributed by atoms with Crippen LogP contribution in [0, 0.1) is 5.41 Å². The lowest BCUT2D eigenvalue weighted by Crippen LogP contribution is -2.62. The van der Waals surface area contributed by atoms with Gasteiger partial charge in [0.15, 0.2) is 0 Å². The first-order valence-electron chi connectivity index (χ1n) is 44.6. The number of carbonyl (C=O) groups excluding carboxylic acids is 18. The second-order valence-electron chi connectivity index (χ2n) is 34.8. The highest BCUT2D eigenvalue weighted by atomic mass is 32.2. The summed E-state index contributed by atoms with van der Waals surface area (Å²) in [6.45, 7) is 7.43. The lowest BCUT2D eigenvalue weighted by Gasteiger charge is -2.33. The molecule has 0 aromatic heterocycles. The first kappa shape index (κ1) is 113. The number of likely N-dealkylation sites (N-methyl/N-ethyl adjacent to an activating group) is 1. The summed E-state index contributed by atoms with van der Waals surface area (Å²) in [5.74, 6) is -29.1. The number of aromatic hydroxyl groups is 1. The molecule has 141 heavy (non-hydrogen) atoms. The lowest BCUT2D eigenvalue weighted by molar-refractivity contribution is -0.142. The number of phenolic OH excluding ortho intramolecular Hbond substituents is 1. The van der Waals surface area contributed by atoms with Crippen molar-refractivity contribution in [2.24, 2.45) is 22.6 Å². The van der Waals surface area contributed by atoms with E-state index >= 15 is 24.0 Å². The van der Waals surface area contributed by atoms with Crippen LogP contribution in [0.5, 0.6) is 5.75 Å². The lowest BCUT2D eigenvalue weighted by atomic mass is 9.85. The van der Waals surface area contributed by atoms with Crippen molar-refractivity contribution < 1.29 is 131 Å². The van der Waals surface area contributed by atoms with Crippen molar-refractivity contribution in [3.8, 4) is 5.75 Å². The Labute approximate surface area is 822 Å². The van der Waals surface area contributed by atoms with E-state index in [9.17, 15) is 107 Å². The Morgan fingerprint density at radius 1 is 0.447 bits per heavy atom. The number of carbonyl (C=O) groups is 22. The van der Waals surface area contributed by atoms with E-state index in [0.29, 0.717) is 38.6 Å². The smallest absolute Gasteiger partial charge is 0.305 e. The topological polar surface area (TPSA) is 738 Å². The number of nitrogens with one attached hydrogen (secondary N) is 15. The van der Waals surface area contributed by atoms with E-state index in [-0.39, 0.29) is 47.3 Å². The van der Waals surface area contributed by atoms with Gasteiger partial charge in [0.25, 0.3) is 0 Å². The standard InChI is InChI=1S/C92H119N19O27S3/c1-46(96-70(114)39-111(7)71(115)28-29-93)78(125)108-67-44-140-41-52-30-51-31-53(32-52)42-141-45-68(109-80(127)48(3)97-83(130)62(35-55-18-13-17-54-16-11-12-19-57(54)55)104-81(128)58(24-26-72(116)117)99-86(133)63(36-69(94)113)101-79(126)47(2)98-89(67)136)90(137)100-59(25-27-73(118)119)82(129)105-64(37-74(120)121)87(134)103-60(33-49-14-9-8-10-15-49)84(131)102-61(34-50-20-22-56(112)23-21-50)85(132)106-65(38-75(122)123)88(135)110-76(92(4,5)6)91(138)107-66(77(95)124)43-139-40-51/h8-23,30-32,46-48,58-68,76,112H,24-29,33-45,93H2,1-7H3,(H2,94,113)(H2,95,124)(H,96,114)(H,97,130)(H,98,136)(H,99,133)(H,100,137)(H,101,126)(H,102,131)(H,103,134)(H,104,128)(H,105,129)(H,106,132)(H,107,138)(H,108,125)(H,109,127)(H,110,135)(H,116,117)(H,118,119)(H,120,121)(H,122,123). The fourth-order valence-corrected chi connectivity index (χ4v) is 17.5. The number of benzene rings is 5. The summed E-state index contributed by atoms with van der Waals surface area (Å²) in [6, 6.07) is 1.91. The van der Waals surface area contributed by atoms with Gasteiger partial charge >= 0.3 is 23.9 Å². The van der Waals surface area contributed by atoms with Crippen LogP contribution < -0.4 is 97.0 Å². The number of thioether (sulfide) groups is 3. The summed E-state index contributed by atoms with van der Waals surface area (Å²) in [5, 5.41) is 88.9. The summed E-state index contributed by atoms with van der Waals surface area (Å²) >= 11 is 2.92. The maximum Gasteiger partial charge on any atom is 0.305 e. The second kappa shape index (κ2) is 54.8. The predicted octanol–water partition coefficient (Wildman–Crippen LogP) is -3.77. The van der Waals surface area contributed by atoms with Crippen molar-refractivity contribution in [3.63, 3.8) is 0 Å². The molecule has 18 amide bonds. The zero-order valence-corrected chi connectivity index (χ0v) is 80.6. The third kappa shape index (κ3) is 37.6. The van der Waals surface area contributed by atoms with Crippen LogP contribution in [0.1, 0.15) is 126 Å². The van der Waals surface area contributed by atoms with Crippen LogP contribution >= 0.6 is 35.3 Å². The van der Waals surface area contributed by atoms with E-state index in [1.165, 1.54) is 71.1 Å². The van der Waals surface area contributed by atoms with Crippen molar-refractivity contribution in [2.45, 2.75) is 220 Å². The third-order valence-electron chi connectivity index (χ3n) is 22.0. The van der Waals surface area contributed by atoms with Crippen LogP contribution in [-0.4, -0.2) is 289 Å². The monoisotopic (exact) mass is 2020 g/mol. The zero-order valence-electron chi connectivity index (χ0n) is 78.2. The van der Waals surface area contributed by atoms with E-state index in [0.717, 1.165) is 54.0 Å². The number of hydrogen-bond donors (Lipinski definition) is 23. The number of fused-ring (bicyclic) bond motifs is 6. The minimum absolute atomic E-state index is 0.0456. The molecular formula is C92H119N19O27S3. The molecular weight excluding hydrogens is 1900 g/mol. The third-order valence-corrected chi connectivity index (χ3v) is 25.4. The van der Waals surface area contributed by atoms with Crippen LogP contribution in [0.2, 0.25) is 0 Å². The van der Waals surface area contributed by atoms with Gasteiger partial charge in [-0.3, -0.25) is 105 Å². The molecule has 762 valence electrons. The minimum Gasteiger partial charge on any atom is -0.508 e. The average molecular weight is 2020 g/mol. The van der Waals surface area contributed by atoms with Crippen LogP contribution in [0.25, 0.3) is 10.8 Å². The summed E-state index contributed by atoms with van der Waals surface area (Å²) in [7, 11) is 1.31. The number of phenols is 1. The zero-order chi connectivity index (χ0) is 104. The fraction of sp³-hybridized carbons (Fsp3) is 0.457. The summed E-state index contributed by atoms with van der Waals surface area (Å²) in [5.41, 5.74) is 18.0. The number of nitrogens with zero attached hydrogens (tertiary/aromatic N) is 1. The molecule has 7 rings (SSSR count). The first-order valence-corrected chi connectivity index (χ1v) is 48.1. The van der Waals surface area contributed by atoms with Gasteiger partial charge in [0.2, 0.25) is 106 Å². The molecule has 46 nitrogen and oxygen atoms in total. The van der Waals surface area contributed by atoms with E-state index in [1.54, 1.807) is 78.9 Å². The van der Waals surface area contributed by atoms with Gasteiger partial charge < -0.3 is 127 Å². The number of carboxylic acid groups (broad SMARTS) is 4. The summed E-state index contributed by atoms with van der Waals surface area (Å²) in [6.07, 6.45) is -8.39. The Hall–Kier alpha value is -14.5. The number of rotatable bonds is 26. The SMILES string of the molecule is CC(NC(=O)CN(C)C(=O)CCN)C(=O)NC1CSCc2cc3cc(c2)CSCC(NC(=O)C(C)NC(=O)C(Cc2cccc4ccccc24)NC(=O)C(CCC(=O)O)NC(=O)C(CC(N)=O)NC(=O)C(C)NC1=O)C(=O)NC(CCC(=O)O)C(=O)NC(CC(=O)O)C(=O)NC(Cc1ccccc1)C(=O)NC(Cc1ccc(O)cc1)C(=O)NC(CC(=O)O)C(=O)NC(C(C)(C)C)C(=O)NC(C(N)=O)CSC3. The van der Waals surface area contributed by atoms with Gasteiger partial charge in [0.1, 0.15) is 96.4 Å². The van der Waals surface area contributed by atoms with Gasteiger partial charge in [-0.15, -0.1) is 0 Å². The van der Waals surface area contributed by atoms with Gasteiger partial charge in [-0.2, -0.15) is 35.3 Å². The summed E-state index contributed by atoms with van der Waals surface area (Å²) < 4.78 is 0. The van der Waals surface area contributed by atoms with Crippen molar-refractivity contribution >= 4 is 176 Å². The highest BCUT2D eigenvalue weighted by molar-refractivity contribution is 7.99. The predicted molar refractivity (Wildman–Crippen MR) is 513 cm³/mol. The number of amides is 18. The summed E-state index contributed by atoms with van der Waals surface area (Å²) in [4.78, 5) is 311. The molecule has 0 saturated heterocycles. The molecule has 15 atom stereocenters. The largest absolute Gasteiger partial charge is 0.508 e. The average Bonchev–Trinajstić information content (AvgIpc) is 0.851. The molecule has 49 heteroatoms. The van der Waals surface area contributed by atoms with Crippen LogP contribution in [0.4, 0.5) is 0 Å². The number of carboxylic acids is 4. The van der Waals surface area contributed by atoms with Crippen LogP contribution in [-0.2, 0) is 142 Å². The molecule has 0 fully saturated rings. The molecule has 5 aromatic carbocycles.